The van der Waals surface area contributed by atoms with Crippen LogP contribution in [0, 0.1) is 0 Å². The molecule has 2 N–H and O–H groups in total. The van der Waals surface area contributed by atoms with Gasteiger partial charge in [0, 0.05) is 10.7 Å². The minimum absolute atomic E-state index is 0.0457. The number of hydrogen-bond acceptors (Lipinski definition) is 2. The number of para-hydroxylation sites is 1. The Morgan fingerprint density at radius 1 is 1.21 bits per heavy atom. The van der Waals surface area contributed by atoms with E-state index in [-0.39, 0.29) is 18.1 Å². The average molecular weight is 323 g/mol. The molecule has 19 heavy (non-hydrogen) atoms. The van der Waals surface area contributed by atoms with Gasteiger partial charge in [-0.25, -0.2) is 4.79 Å². The predicted molar refractivity (Wildman–Crippen MR) is 74.2 cm³/mol. The van der Waals surface area contributed by atoms with E-state index in [1.54, 1.807) is 24.4 Å². The summed E-state index contributed by atoms with van der Waals surface area (Å²) in [6.45, 7) is -0.0457. The smallest absolute Gasteiger partial charge is 0.352 e. The lowest BCUT2D eigenvalue weighted by molar-refractivity contribution is -0.116. The fourth-order valence-electron chi connectivity index (χ4n) is 1.65. The van der Waals surface area contributed by atoms with Crippen LogP contribution in [0.4, 0.5) is 5.69 Å². The average Bonchev–Trinajstić information content (AvgIpc) is 2.80. The number of nitrogens with zero attached hydrogens (tertiary/aromatic N) is 1. The van der Waals surface area contributed by atoms with Crippen molar-refractivity contribution in [1.29, 1.82) is 0 Å². The third kappa shape index (κ3) is 3.23. The Bertz CT molecular complexity index is 622. The number of benzene rings is 1. The van der Waals surface area contributed by atoms with E-state index in [4.69, 9.17) is 5.11 Å². The van der Waals surface area contributed by atoms with Gasteiger partial charge in [-0.2, -0.15) is 0 Å². The third-order valence-electron chi connectivity index (χ3n) is 2.51. The van der Waals surface area contributed by atoms with Gasteiger partial charge in [-0.05, 0) is 40.2 Å². The van der Waals surface area contributed by atoms with Crippen molar-refractivity contribution in [2.45, 2.75) is 6.54 Å². The molecular formula is C13H11BrN2O3. The summed E-state index contributed by atoms with van der Waals surface area (Å²) < 4.78 is 2.16. The monoisotopic (exact) mass is 322 g/mol. The number of aromatic nitrogens is 1. The number of anilines is 1. The zero-order chi connectivity index (χ0) is 13.8. The van der Waals surface area contributed by atoms with E-state index in [2.05, 4.69) is 21.2 Å². The van der Waals surface area contributed by atoms with Crippen molar-refractivity contribution in [1.82, 2.24) is 4.57 Å². The number of carbonyl (C=O) groups excluding carboxylic acids is 1. The van der Waals surface area contributed by atoms with Gasteiger partial charge in [-0.1, -0.05) is 12.1 Å². The maximum absolute atomic E-state index is 11.9. The number of halogens is 1. The summed E-state index contributed by atoms with van der Waals surface area (Å²) in [5.74, 6) is -1.34. The normalized spacial score (nSPS) is 10.2. The third-order valence-corrected chi connectivity index (χ3v) is 3.20. The number of hydrogen-bond donors (Lipinski definition) is 2. The van der Waals surface area contributed by atoms with Crippen molar-refractivity contribution in [3.8, 4) is 0 Å². The highest BCUT2D eigenvalue weighted by Gasteiger charge is 2.12. The van der Waals surface area contributed by atoms with Crippen LogP contribution in [0.15, 0.2) is 47.1 Å². The molecule has 0 atom stereocenters. The highest BCUT2D eigenvalue weighted by molar-refractivity contribution is 9.10. The summed E-state index contributed by atoms with van der Waals surface area (Å²) in [7, 11) is 0. The first kappa shape index (κ1) is 13.4. The van der Waals surface area contributed by atoms with Crippen LogP contribution in [0.5, 0.6) is 0 Å². The molecule has 1 aromatic carbocycles. The van der Waals surface area contributed by atoms with Crippen LogP contribution in [0.1, 0.15) is 10.5 Å². The van der Waals surface area contributed by atoms with Crippen LogP contribution in [0.3, 0.4) is 0 Å². The molecule has 0 fully saturated rings. The molecule has 0 unspecified atom stereocenters. The first-order valence-corrected chi connectivity index (χ1v) is 6.30. The van der Waals surface area contributed by atoms with E-state index >= 15 is 0 Å². The standard InChI is InChI=1S/C13H11BrN2O3/c14-9-4-1-2-5-10(9)15-12(17)8-16-7-3-6-11(16)13(18)19/h1-7H,8H2,(H,15,17)(H,18,19). The lowest BCUT2D eigenvalue weighted by Gasteiger charge is -2.09. The van der Waals surface area contributed by atoms with Crippen LogP contribution < -0.4 is 5.32 Å². The number of nitrogens with one attached hydrogen (secondary N) is 1. The molecule has 6 heteroatoms. The van der Waals surface area contributed by atoms with Gasteiger partial charge < -0.3 is 15.0 Å². The Morgan fingerprint density at radius 2 is 1.95 bits per heavy atom. The van der Waals surface area contributed by atoms with Crippen LogP contribution in [-0.2, 0) is 11.3 Å². The first-order valence-electron chi connectivity index (χ1n) is 5.51. The summed E-state index contributed by atoms with van der Waals surface area (Å²) in [6.07, 6.45) is 1.56. The van der Waals surface area contributed by atoms with E-state index in [1.807, 2.05) is 12.1 Å². The quantitative estimate of drug-likeness (QED) is 0.908. The summed E-state index contributed by atoms with van der Waals surface area (Å²) >= 11 is 3.32. The zero-order valence-electron chi connectivity index (χ0n) is 9.84. The predicted octanol–water partition coefficient (Wildman–Crippen LogP) is 2.59. The Hall–Kier alpha value is -2.08. The van der Waals surface area contributed by atoms with Crippen LogP contribution in [0.2, 0.25) is 0 Å². The number of amides is 1. The van der Waals surface area contributed by atoms with Crippen molar-refractivity contribution < 1.29 is 14.7 Å². The first-order chi connectivity index (χ1) is 9.08. The van der Waals surface area contributed by atoms with Crippen molar-refractivity contribution in [2.75, 3.05) is 5.32 Å². The molecule has 0 spiro atoms. The van der Waals surface area contributed by atoms with E-state index in [0.717, 1.165) is 4.47 Å². The van der Waals surface area contributed by atoms with Gasteiger partial charge in [0.25, 0.3) is 0 Å². The largest absolute Gasteiger partial charge is 0.477 e. The number of carboxylic acids is 1. The lowest BCUT2D eigenvalue weighted by Crippen LogP contribution is -2.21. The van der Waals surface area contributed by atoms with Crippen molar-refractivity contribution in [3.05, 3.63) is 52.8 Å². The number of carbonyl (C=O) groups is 2. The van der Waals surface area contributed by atoms with E-state index in [0.29, 0.717) is 5.69 Å². The highest BCUT2D eigenvalue weighted by atomic mass is 79.9. The maximum atomic E-state index is 11.9. The summed E-state index contributed by atoms with van der Waals surface area (Å²) in [5, 5.41) is 11.7. The Kier molecular flexibility index (Phi) is 4.01. The minimum atomic E-state index is -1.06. The number of aromatic carboxylic acids is 1. The second-order valence-corrected chi connectivity index (χ2v) is 4.71. The van der Waals surface area contributed by atoms with Gasteiger partial charge in [0.1, 0.15) is 12.2 Å². The topological polar surface area (TPSA) is 71.3 Å². The molecule has 0 aliphatic heterocycles. The molecule has 2 rings (SSSR count). The van der Waals surface area contributed by atoms with Crippen LogP contribution in [-0.4, -0.2) is 21.6 Å². The summed E-state index contributed by atoms with van der Waals surface area (Å²) in [6, 6.07) is 10.3. The molecule has 0 saturated heterocycles. The fourth-order valence-corrected chi connectivity index (χ4v) is 2.04. The number of rotatable bonds is 4. The van der Waals surface area contributed by atoms with Gasteiger partial charge in [0.05, 0.1) is 5.69 Å². The SMILES string of the molecule is O=C(Cn1cccc1C(=O)O)Nc1ccccc1Br. The van der Waals surface area contributed by atoms with Gasteiger partial charge in [-0.3, -0.25) is 4.79 Å². The number of carboxylic acid groups (broad SMARTS) is 1. The molecule has 1 heterocycles. The highest BCUT2D eigenvalue weighted by Crippen LogP contribution is 2.21. The Labute approximate surface area is 118 Å². The molecule has 0 aliphatic carbocycles. The Morgan fingerprint density at radius 3 is 2.63 bits per heavy atom. The minimum Gasteiger partial charge on any atom is -0.477 e. The second-order valence-electron chi connectivity index (χ2n) is 3.85. The fraction of sp³-hybridized carbons (Fsp3) is 0.0769. The van der Waals surface area contributed by atoms with Crippen molar-refractivity contribution in [3.63, 3.8) is 0 Å². The molecule has 0 radical (unpaired) electrons. The molecular weight excluding hydrogens is 312 g/mol. The zero-order valence-corrected chi connectivity index (χ0v) is 11.4. The van der Waals surface area contributed by atoms with E-state index in [9.17, 15) is 9.59 Å². The molecule has 98 valence electrons. The van der Waals surface area contributed by atoms with E-state index < -0.39 is 5.97 Å². The van der Waals surface area contributed by atoms with E-state index in [1.165, 1.54) is 10.6 Å². The molecule has 2 aromatic rings. The van der Waals surface area contributed by atoms with Crippen LogP contribution in [0.25, 0.3) is 0 Å². The lowest BCUT2D eigenvalue weighted by atomic mass is 10.3. The Balaban J connectivity index is 2.08. The molecule has 5 nitrogen and oxygen atoms in total. The van der Waals surface area contributed by atoms with Gasteiger partial charge in [0.2, 0.25) is 5.91 Å². The molecule has 0 saturated carbocycles. The van der Waals surface area contributed by atoms with Gasteiger partial charge in [-0.15, -0.1) is 0 Å². The van der Waals surface area contributed by atoms with Gasteiger partial charge in [0.15, 0.2) is 0 Å². The van der Waals surface area contributed by atoms with Crippen molar-refractivity contribution >= 4 is 33.5 Å². The summed E-state index contributed by atoms with van der Waals surface area (Å²) in [5.41, 5.74) is 0.735. The molecule has 1 aromatic heterocycles. The summed E-state index contributed by atoms with van der Waals surface area (Å²) in [4.78, 5) is 22.8. The van der Waals surface area contributed by atoms with Gasteiger partial charge >= 0.3 is 5.97 Å². The van der Waals surface area contributed by atoms with Crippen LogP contribution >= 0.6 is 15.9 Å². The molecule has 0 bridgehead atoms. The second kappa shape index (κ2) is 5.71. The molecule has 0 aliphatic rings. The van der Waals surface area contributed by atoms with Crippen molar-refractivity contribution in [2.24, 2.45) is 0 Å². The maximum Gasteiger partial charge on any atom is 0.352 e. The molecule has 1 amide bonds.